The van der Waals surface area contributed by atoms with Crippen molar-refractivity contribution in [3.63, 3.8) is 0 Å². The van der Waals surface area contributed by atoms with E-state index in [4.69, 9.17) is 57.7 Å². The molecule has 0 heterocycles. The Balaban J connectivity index is -0.0000000277. The maximum absolute atomic E-state index is 8.88. The summed E-state index contributed by atoms with van der Waals surface area (Å²) in [5.41, 5.74) is 0. The van der Waals surface area contributed by atoms with Crippen molar-refractivity contribution in [3.8, 4) is 0 Å². The van der Waals surface area contributed by atoms with E-state index < -0.39 is 23.5 Å². The van der Waals surface area contributed by atoms with Crippen LogP contribution in [0.15, 0.2) is 0 Å². The molecular weight excluding hydrogens is 402 g/mol. The van der Waals surface area contributed by atoms with Crippen molar-refractivity contribution >= 4 is 23.5 Å². The second-order valence-corrected chi connectivity index (χ2v) is 4.42. The van der Waals surface area contributed by atoms with Gasteiger partial charge < -0.3 is 48.6 Å². The Bertz CT molecular complexity index is 209. The monoisotopic (exact) mass is 408 g/mol. The molecule has 6 N–H and O–H groups in total. The fraction of sp³-hybridized carbons (Fsp3) is 0. The molecule has 0 saturated carbocycles. The molecule has 0 fully saturated rings. The number of rotatable bonds is 0. The van der Waals surface area contributed by atoms with Gasteiger partial charge in [0.1, 0.15) is 0 Å². The molecule has 0 amide bonds. The minimum atomic E-state index is -5.39. The molecule has 0 spiro atoms. The van der Waals surface area contributed by atoms with Crippen LogP contribution in [-0.2, 0) is 13.7 Å². The molecule has 0 aliphatic heterocycles. The van der Waals surface area contributed by atoms with Gasteiger partial charge in [-0.05, 0) is 0 Å². The molecule has 96 valence electrons. The van der Waals surface area contributed by atoms with Crippen molar-refractivity contribution in [2.24, 2.45) is 0 Å². The molecule has 18 heavy (non-hydrogen) atoms. The van der Waals surface area contributed by atoms with Gasteiger partial charge in [-0.3, -0.25) is 0 Å². The number of hydrogen-bond acceptors (Lipinski definition) is 6. The van der Waals surface area contributed by atoms with Gasteiger partial charge in [0.15, 0.2) is 0 Å². The summed E-state index contributed by atoms with van der Waals surface area (Å²) < 4.78 is 26.3. The van der Waals surface area contributed by atoms with Gasteiger partial charge in [-0.1, -0.05) is 0 Å². The van der Waals surface area contributed by atoms with Gasteiger partial charge >= 0.3 is 170 Å². The average Bonchev–Trinajstić information content (AvgIpc) is 1.41. The molecule has 0 aliphatic rings. The van der Waals surface area contributed by atoms with Crippen LogP contribution in [0.4, 0.5) is 0 Å². The fourth-order valence-electron chi connectivity index (χ4n) is 0. The zero-order valence-electron chi connectivity index (χ0n) is 9.47. The molecule has 12 nitrogen and oxygen atoms in total. The minimum absolute atomic E-state index is 0. The van der Waals surface area contributed by atoms with Gasteiger partial charge in [0.05, 0.1) is 0 Å². The fourth-order valence-corrected chi connectivity index (χ4v) is 0. The summed E-state index contributed by atoms with van der Waals surface area (Å²) in [6.07, 6.45) is 0. The predicted octanol–water partition coefficient (Wildman–Crippen LogP) is -13.7. The van der Waals surface area contributed by atoms with Crippen LogP contribution in [0, 0.1) is 0 Å². The topological polar surface area (TPSA) is 242 Å². The van der Waals surface area contributed by atoms with Crippen molar-refractivity contribution in [1.82, 2.24) is 0 Å². The summed E-state index contributed by atoms with van der Waals surface area (Å²) in [5.74, 6) is 0. The minimum Gasteiger partial charge on any atom is -0.822 e. The van der Waals surface area contributed by atoms with Crippen molar-refractivity contribution in [2.75, 3.05) is 0 Å². The van der Waals surface area contributed by atoms with Crippen LogP contribution < -0.4 is 169 Å². The second-order valence-electron chi connectivity index (χ2n) is 1.47. The van der Waals surface area contributed by atoms with Gasteiger partial charge in [-0.25, -0.2) is 9.13 Å². The largest absolute Gasteiger partial charge is 1.00 e. The Kier molecular flexibility index (Phi) is 39.9. The first-order valence-corrected chi connectivity index (χ1v) is 6.89. The standard InChI is InChI=1S/3K.3H3O4P/c;;;3*1-5(2,3)4/h;;;3*(H3,1,2,3,4)/q3*+1;;;/p-3. The Morgan fingerprint density at radius 3 is 0.556 bits per heavy atom. The molecule has 0 aromatic heterocycles. The van der Waals surface area contributed by atoms with E-state index in [2.05, 4.69) is 0 Å². The first-order chi connectivity index (χ1) is 6.00. The molecule has 0 saturated heterocycles. The zero-order valence-corrected chi connectivity index (χ0v) is 21.5. The van der Waals surface area contributed by atoms with Crippen LogP contribution >= 0.6 is 23.5 Å². The summed E-state index contributed by atoms with van der Waals surface area (Å²) in [4.78, 5) is 68.8. The van der Waals surface area contributed by atoms with E-state index >= 15 is 0 Å². The second kappa shape index (κ2) is 18.6. The van der Waals surface area contributed by atoms with E-state index in [1.54, 1.807) is 0 Å². The van der Waals surface area contributed by atoms with Crippen LogP contribution in [0.2, 0.25) is 0 Å². The van der Waals surface area contributed by atoms with Crippen molar-refractivity contribution in [1.29, 1.82) is 0 Å². The normalized spacial score (nSPS) is 9.83. The van der Waals surface area contributed by atoms with Crippen LogP contribution in [0.5, 0.6) is 0 Å². The summed E-state index contributed by atoms with van der Waals surface area (Å²) in [7, 11) is -14.7. The predicted molar refractivity (Wildman–Crippen MR) is 36.1 cm³/mol. The van der Waals surface area contributed by atoms with Crippen LogP contribution in [-0.4, -0.2) is 29.4 Å². The third-order valence-corrected chi connectivity index (χ3v) is 0. The maximum atomic E-state index is 8.88. The van der Waals surface area contributed by atoms with Gasteiger partial charge in [-0.2, -0.15) is 7.82 Å². The van der Waals surface area contributed by atoms with Gasteiger partial charge in [0, 0.05) is 0 Å². The van der Waals surface area contributed by atoms with E-state index in [0.717, 1.165) is 0 Å². The molecular formula is H6K3O12P3. The van der Waals surface area contributed by atoms with E-state index in [9.17, 15) is 0 Å². The Morgan fingerprint density at radius 2 is 0.556 bits per heavy atom. The van der Waals surface area contributed by atoms with Gasteiger partial charge in [0.2, 0.25) is 0 Å². The summed E-state index contributed by atoms with van der Waals surface area (Å²) in [6.45, 7) is 0. The molecule has 18 heteroatoms. The average molecular weight is 408 g/mol. The van der Waals surface area contributed by atoms with Crippen molar-refractivity contribution < 1.29 is 212 Å². The van der Waals surface area contributed by atoms with E-state index in [1.165, 1.54) is 0 Å². The molecule has 0 bridgehead atoms. The third kappa shape index (κ3) is 317. The molecule has 0 aromatic carbocycles. The number of hydrogen-bond donors (Lipinski definition) is 6. The summed E-state index contributed by atoms with van der Waals surface area (Å²) in [5, 5.41) is 0. The number of phosphoric acid groups is 3. The summed E-state index contributed by atoms with van der Waals surface area (Å²) >= 11 is 0. The quantitative estimate of drug-likeness (QED) is 0.162. The molecule has 0 radical (unpaired) electrons. The van der Waals surface area contributed by atoms with E-state index in [0.29, 0.717) is 0 Å². The van der Waals surface area contributed by atoms with Gasteiger partial charge in [-0.15, -0.1) is 0 Å². The first-order valence-electron chi connectivity index (χ1n) is 2.30. The Labute approximate surface area is 229 Å². The van der Waals surface area contributed by atoms with Crippen molar-refractivity contribution in [2.45, 2.75) is 0 Å². The Morgan fingerprint density at radius 1 is 0.556 bits per heavy atom. The van der Waals surface area contributed by atoms with E-state index in [1.807, 2.05) is 0 Å². The van der Waals surface area contributed by atoms with E-state index in [-0.39, 0.29) is 154 Å². The first kappa shape index (κ1) is 38.7. The van der Waals surface area contributed by atoms with Gasteiger partial charge in [0.25, 0.3) is 0 Å². The van der Waals surface area contributed by atoms with Crippen LogP contribution in [0.25, 0.3) is 0 Å². The molecule has 0 unspecified atom stereocenters. The SMILES string of the molecule is O=P(O)(O)O.O=P(O)(O)O.O=P([O-])([O-])[O-].[K+].[K+].[K+]. The third-order valence-electron chi connectivity index (χ3n) is 0. The Hall–Kier alpha value is 5.24. The molecule has 0 aliphatic carbocycles. The van der Waals surface area contributed by atoms with Crippen LogP contribution in [0.1, 0.15) is 0 Å². The summed E-state index contributed by atoms with van der Waals surface area (Å²) in [6, 6.07) is 0. The molecule has 0 rings (SSSR count). The smallest absolute Gasteiger partial charge is 0.822 e. The van der Waals surface area contributed by atoms with Crippen molar-refractivity contribution in [3.05, 3.63) is 0 Å². The molecule has 0 aromatic rings. The molecule has 0 atom stereocenters. The maximum Gasteiger partial charge on any atom is 1.00 e. The van der Waals surface area contributed by atoms with Crippen LogP contribution in [0.3, 0.4) is 0 Å². The zero-order chi connectivity index (χ0) is 13.5.